The normalized spacial score (nSPS) is 15.1. The van der Waals surface area contributed by atoms with Crippen molar-refractivity contribution < 1.29 is 9.50 Å². The largest absolute Gasteiger partial charge is 0.508 e. The molecule has 0 unspecified atom stereocenters. The number of hydrogen-bond donors (Lipinski definition) is 2. The Morgan fingerprint density at radius 1 is 1.16 bits per heavy atom. The van der Waals surface area contributed by atoms with Crippen molar-refractivity contribution in [3.63, 3.8) is 0 Å². The SMILES string of the molecule is Cc1cc(-n2c(C(C)C)c(C3CNC3)c3cc(O)ccc32)ccc1F. The fourth-order valence-corrected chi connectivity index (χ4v) is 3.86. The zero-order chi connectivity index (χ0) is 17.7. The Bertz CT molecular complexity index is 954. The molecule has 2 N–H and O–H groups in total. The summed E-state index contributed by atoms with van der Waals surface area (Å²) in [5, 5.41) is 14.5. The lowest BCUT2D eigenvalue weighted by Gasteiger charge is -2.29. The van der Waals surface area contributed by atoms with Crippen LogP contribution in [-0.2, 0) is 0 Å². The second kappa shape index (κ2) is 5.88. The Labute approximate surface area is 147 Å². The minimum atomic E-state index is -0.188. The number of rotatable bonds is 3. The smallest absolute Gasteiger partial charge is 0.126 e. The maximum atomic E-state index is 13.8. The molecule has 130 valence electrons. The van der Waals surface area contributed by atoms with Crippen molar-refractivity contribution in [3.05, 3.63) is 59.0 Å². The molecule has 4 rings (SSSR count). The number of aromatic nitrogens is 1. The minimum absolute atomic E-state index is 0.188. The summed E-state index contributed by atoms with van der Waals surface area (Å²) < 4.78 is 16.0. The van der Waals surface area contributed by atoms with Crippen LogP contribution in [0, 0.1) is 12.7 Å². The third-order valence-electron chi connectivity index (χ3n) is 5.16. The lowest BCUT2D eigenvalue weighted by Crippen LogP contribution is -2.40. The molecule has 1 fully saturated rings. The molecule has 1 aliphatic heterocycles. The molecule has 2 aromatic carbocycles. The van der Waals surface area contributed by atoms with Crippen LogP contribution < -0.4 is 5.32 Å². The van der Waals surface area contributed by atoms with Gasteiger partial charge in [-0.15, -0.1) is 0 Å². The van der Waals surface area contributed by atoms with Crippen molar-refractivity contribution in [2.24, 2.45) is 0 Å². The zero-order valence-electron chi connectivity index (χ0n) is 14.8. The lowest BCUT2D eigenvalue weighted by molar-refractivity contribution is 0.445. The summed E-state index contributed by atoms with van der Waals surface area (Å²) in [6.45, 7) is 8.09. The van der Waals surface area contributed by atoms with E-state index in [4.69, 9.17) is 0 Å². The molecule has 0 aliphatic carbocycles. The highest BCUT2D eigenvalue weighted by Gasteiger charge is 2.29. The quantitative estimate of drug-likeness (QED) is 0.733. The van der Waals surface area contributed by atoms with Crippen LogP contribution in [-0.4, -0.2) is 22.8 Å². The topological polar surface area (TPSA) is 37.2 Å². The van der Waals surface area contributed by atoms with Crippen LogP contribution in [0.4, 0.5) is 4.39 Å². The van der Waals surface area contributed by atoms with Gasteiger partial charge < -0.3 is 15.0 Å². The van der Waals surface area contributed by atoms with E-state index in [1.54, 1.807) is 13.0 Å². The van der Waals surface area contributed by atoms with E-state index >= 15 is 0 Å². The maximum absolute atomic E-state index is 13.8. The molecule has 3 aromatic rings. The molecule has 0 spiro atoms. The number of fused-ring (bicyclic) bond motifs is 1. The van der Waals surface area contributed by atoms with Gasteiger partial charge in [-0.1, -0.05) is 13.8 Å². The molecule has 1 aliphatic rings. The maximum Gasteiger partial charge on any atom is 0.126 e. The first-order chi connectivity index (χ1) is 12.0. The average molecular weight is 338 g/mol. The van der Waals surface area contributed by atoms with Crippen molar-refractivity contribution >= 4 is 10.9 Å². The van der Waals surface area contributed by atoms with Crippen LogP contribution >= 0.6 is 0 Å². The molecular formula is C21H23FN2O. The minimum Gasteiger partial charge on any atom is -0.508 e. The lowest BCUT2D eigenvalue weighted by atomic mass is 9.88. The molecule has 0 saturated carbocycles. The number of aryl methyl sites for hydroxylation is 1. The Hall–Kier alpha value is -2.33. The Morgan fingerprint density at radius 2 is 1.92 bits per heavy atom. The highest BCUT2D eigenvalue weighted by atomic mass is 19.1. The van der Waals surface area contributed by atoms with Crippen LogP contribution in [0.15, 0.2) is 36.4 Å². The Kier molecular flexibility index (Phi) is 3.80. The van der Waals surface area contributed by atoms with Crippen molar-refractivity contribution in [2.75, 3.05) is 13.1 Å². The Balaban J connectivity index is 2.08. The fraction of sp³-hybridized carbons (Fsp3) is 0.333. The van der Waals surface area contributed by atoms with E-state index in [2.05, 4.69) is 23.7 Å². The molecule has 25 heavy (non-hydrogen) atoms. The van der Waals surface area contributed by atoms with Gasteiger partial charge in [-0.2, -0.15) is 0 Å². The van der Waals surface area contributed by atoms with E-state index in [-0.39, 0.29) is 11.6 Å². The van der Waals surface area contributed by atoms with E-state index in [1.807, 2.05) is 24.3 Å². The van der Waals surface area contributed by atoms with Gasteiger partial charge in [0.15, 0.2) is 0 Å². The van der Waals surface area contributed by atoms with Crippen LogP contribution in [0.3, 0.4) is 0 Å². The zero-order valence-corrected chi connectivity index (χ0v) is 14.8. The second-order valence-electron chi connectivity index (χ2n) is 7.28. The summed E-state index contributed by atoms with van der Waals surface area (Å²) in [6.07, 6.45) is 0. The van der Waals surface area contributed by atoms with Gasteiger partial charge in [-0.3, -0.25) is 0 Å². The molecule has 1 aromatic heterocycles. The summed E-state index contributed by atoms with van der Waals surface area (Å²) in [4.78, 5) is 0. The number of phenols is 1. The van der Waals surface area contributed by atoms with E-state index in [1.165, 1.54) is 17.3 Å². The highest BCUT2D eigenvalue weighted by molar-refractivity contribution is 5.89. The van der Waals surface area contributed by atoms with E-state index < -0.39 is 0 Å². The molecule has 0 radical (unpaired) electrons. The summed E-state index contributed by atoms with van der Waals surface area (Å²) in [5.41, 5.74) is 5.23. The van der Waals surface area contributed by atoms with E-state index in [0.717, 1.165) is 29.7 Å². The molecule has 0 bridgehead atoms. The number of halogens is 1. The van der Waals surface area contributed by atoms with Gasteiger partial charge in [-0.25, -0.2) is 4.39 Å². The van der Waals surface area contributed by atoms with E-state index in [9.17, 15) is 9.50 Å². The molecule has 0 atom stereocenters. The van der Waals surface area contributed by atoms with E-state index in [0.29, 0.717) is 17.4 Å². The van der Waals surface area contributed by atoms with Gasteiger partial charge in [0.1, 0.15) is 11.6 Å². The van der Waals surface area contributed by atoms with Gasteiger partial charge in [0.25, 0.3) is 0 Å². The number of phenolic OH excluding ortho intramolecular Hbond substituents is 1. The standard InChI is InChI=1S/C21H23FN2O/c1-12(2)21-20(14-10-23-11-14)17-9-16(25)5-7-19(17)24(21)15-4-6-18(22)13(3)8-15/h4-9,12,14,23,25H,10-11H2,1-3H3. The van der Waals surface area contributed by atoms with Gasteiger partial charge in [0.05, 0.1) is 5.52 Å². The molecule has 4 heteroatoms. The third kappa shape index (κ3) is 2.52. The van der Waals surface area contributed by atoms with Gasteiger partial charge in [-0.05, 0) is 60.4 Å². The highest BCUT2D eigenvalue weighted by Crippen LogP contribution is 2.40. The van der Waals surface area contributed by atoms with Crippen molar-refractivity contribution in [1.82, 2.24) is 9.88 Å². The number of aromatic hydroxyl groups is 1. The van der Waals surface area contributed by atoms with Crippen molar-refractivity contribution in [1.29, 1.82) is 0 Å². The number of nitrogens with one attached hydrogen (secondary N) is 1. The summed E-state index contributed by atoms with van der Waals surface area (Å²) in [7, 11) is 0. The van der Waals surface area contributed by atoms with Crippen LogP contribution in [0.25, 0.3) is 16.6 Å². The first kappa shape index (κ1) is 16.2. The third-order valence-corrected chi connectivity index (χ3v) is 5.16. The monoisotopic (exact) mass is 338 g/mol. The van der Waals surface area contributed by atoms with Crippen LogP contribution in [0.2, 0.25) is 0 Å². The molecule has 1 saturated heterocycles. The molecule has 2 heterocycles. The summed E-state index contributed by atoms with van der Waals surface area (Å²) in [5.74, 6) is 0.858. The predicted molar refractivity (Wildman–Crippen MR) is 99.3 cm³/mol. The van der Waals surface area contributed by atoms with Gasteiger partial charge in [0, 0.05) is 35.8 Å². The summed E-state index contributed by atoms with van der Waals surface area (Å²) in [6, 6.07) is 10.8. The van der Waals surface area contributed by atoms with Gasteiger partial charge >= 0.3 is 0 Å². The van der Waals surface area contributed by atoms with Gasteiger partial charge in [0.2, 0.25) is 0 Å². The van der Waals surface area contributed by atoms with Crippen molar-refractivity contribution in [2.45, 2.75) is 32.6 Å². The molecule has 0 amide bonds. The first-order valence-electron chi connectivity index (χ1n) is 8.82. The first-order valence-corrected chi connectivity index (χ1v) is 8.82. The van der Waals surface area contributed by atoms with Crippen LogP contribution in [0.5, 0.6) is 5.75 Å². The summed E-state index contributed by atoms with van der Waals surface area (Å²) >= 11 is 0. The molecular weight excluding hydrogens is 315 g/mol. The Morgan fingerprint density at radius 3 is 2.52 bits per heavy atom. The van der Waals surface area contributed by atoms with Crippen LogP contribution in [0.1, 0.15) is 42.5 Å². The predicted octanol–water partition coefficient (Wildman–Crippen LogP) is 4.59. The fourth-order valence-electron chi connectivity index (χ4n) is 3.86. The second-order valence-corrected chi connectivity index (χ2v) is 7.28. The number of nitrogens with zero attached hydrogens (tertiary/aromatic N) is 1. The average Bonchev–Trinajstić information content (AvgIpc) is 2.83. The molecule has 3 nitrogen and oxygen atoms in total. The number of hydrogen-bond acceptors (Lipinski definition) is 2. The van der Waals surface area contributed by atoms with Crippen molar-refractivity contribution in [3.8, 4) is 11.4 Å². The number of benzene rings is 2.